The number of rotatable bonds is 7. The van der Waals surface area contributed by atoms with Gasteiger partial charge < -0.3 is 14.8 Å². The number of furan rings is 1. The first kappa shape index (κ1) is 21.1. The number of fused-ring (bicyclic) bond motifs is 1. The van der Waals surface area contributed by atoms with Crippen molar-refractivity contribution in [3.8, 4) is 11.3 Å². The molecule has 0 aliphatic rings. The number of aromatic carboxylic acids is 1. The minimum atomic E-state index is -1.01. The van der Waals surface area contributed by atoms with Crippen molar-refractivity contribution in [2.45, 2.75) is 0 Å². The lowest BCUT2D eigenvalue weighted by Crippen LogP contribution is -2.03. The number of carboxylic acids is 1. The number of halogens is 1. The maximum Gasteiger partial charge on any atom is 0.335 e. The number of nitrogens with one attached hydrogen (secondary N) is 2. The summed E-state index contributed by atoms with van der Waals surface area (Å²) in [7, 11) is 0. The van der Waals surface area contributed by atoms with E-state index in [1.165, 1.54) is 18.3 Å². The van der Waals surface area contributed by atoms with E-state index in [2.05, 4.69) is 36.1 Å². The number of nitrogens with zero attached hydrogens (tertiary/aromatic N) is 5. The fourth-order valence-electron chi connectivity index (χ4n) is 3.05. The average Bonchev–Trinajstić information content (AvgIpc) is 3.49. The quantitative estimate of drug-likeness (QED) is 0.221. The molecule has 0 spiro atoms. The molecule has 3 heterocycles. The predicted octanol–water partition coefficient (Wildman–Crippen LogP) is 4.81. The number of benzene rings is 2. The van der Waals surface area contributed by atoms with Crippen LogP contribution >= 0.6 is 11.6 Å². The Morgan fingerprint density at radius 3 is 2.59 bits per heavy atom. The van der Waals surface area contributed by atoms with Gasteiger partial charge in [-0.3, -0.25) is 5.43 Å². The highest BCUT2D eigenvalue weighted by molar-refractivity contribution is 6.30. The topological polar surface area (TPSA) is 152 Å². The average molecular weight is 476 g/mol. The standard InChI is InChI=1S/C22H14ClN7O4/c23-14-5-2-6-15(10-14)25-18-19(27-21-20(26-18)29-34-30-21)28-24-11-16-7-8-17(33-16)12-3-1-4-13(9-12)22(31)32/h1-11H,(H,31,32)(H,25,26,29)(H,27,28,30). The van der Waals surface area contributed by atoms with E-state index in [9.17, 15) is 9.90 Å². The van der Waals surface area contributed by atoms with Gasteiger partial charge in [-0.05, 0) is 52.8 Å². The van der Waals surface area contributed by atoms with Crippen molar-refractivity contribution in [2.75, 3.05) is 10.7 Å². The number of hydrogen-bond acceptors (Lipinski definition) is 10. The van der Waals surface area contributed by atoms with Gasteiger partial charge in [0.15, 0.2) is 11.6 Å². The van der Waals surface area contributed by atoms with Crippen LogP contribution in [-0.4, -0.2) is 37.6 Å². The van der Waals surface area contributed by atoms with Gasteiger partial charge in [-0.25, -0.2) is 14.4 Å². The van der Waals surface area contributed by atoms with Crippen molar-refractivity contribution in [3.05, 3.63) is 77.0 Å². The lowest BCUT2D eigenvalue weighted by Gasteiger charge is -2.09. The zero-order valence-corrected chi connectivity index (χ0v) is 17.9. The fraction of sp³-hybridized carbons (Fsp3) is 0. The second-order valence-corrected chi connectivity index (χ2v) is 7.36. The van der Waals surface area contributed by atoms with Crippen LogP contribution in [0.3, 0.4) is 0 Å². The molecule has 168 valence electrons. The smallest absolute Gasteiger partial charge is 0.335 e. The highest BCUT2D eigenvalue weighted by Crippen LogP contribution is 2.26. The lowest BCUT2D eigenvalue weighted by atomic mass is 10.1. The van der Waals surface area contributed by atoms with E-state index in [4.69, 9.17) is 20.6 Å². The summed E-state index contributed by atoms with van der Waals surface area (Å²) in [5.74, 6) is 0.517. The highest BCUT2D eigenvalue weighted by Gasteiger charge is 2.13. The van der Waals surface area contributed by atoms with Crippen LogP contribution < -0.4 is 10.7 Å². The van der Waals surface area contributed by atoms with E-state index < -0.39 is 5.97 Å². The van der Waals surface area contributed by atoms with Crippen molar-refractivity contribution in [2.24, 2.45) is 5.10 Å². The zero-order valence-electron chi connectivity index (χ0n) is 17.1. The van der Waals surface area contributed by atoms with Crippen LogP contribution in [0.4, 0.5) is 17.3 Å². The van der Waals surface area contributed by atoms with E-state index >= 15 is 0 Å². The molecule has 0 unspecified atom stereocenters. The van der Waals surface area contributed by atoms with E-state index in [1.54, 1.807) is 42.5 Å². The third-order valence-electron chi connectivity index (χ3n) is 4.58. The van der Waals surface area contributed by atoms with Crippen LogP contribution in [0.1, 0.15) is 16.1 Å². The summed E-state index contributed by atoms with van der Waals surface area (Å²) in [6.07, 6.45) is 1.45. The maximum absolute atomic E-state index is 11.2. The third kappa shape index (κ3) is 4.54. The first-order chi connectivity index (χ1) is 16.5. The minimum Gasteiger partial charge on any atom is -0.478 e. The number of carbonyl (C=O) groups is 1. The molecule has 0 bridgehead atoms. The number of hydrazone groups is 1. The molecule has 3 N–H and O–H groups in total. The Bertz CT molecular complexity index is 1530. The molecule has 3 aromatic heterocycles. The van der Waals surface area contributed by atoms with Crippen molar-refractivity contribution < 1.29 is 18.9 Å². The first-order valence-electron chi connectivity index (χ1n) is 9.81. The molecule has 5 aromatic rings. The largest absolute Gasteiger partial charge is 0.478 e. The van der Waals surface area contributed by atoms with Gasteiger partial charge in [-0.2, -0.15) is 10.1 Å². The Kier molecular flexibility index (Phi) is 5.58. The fourth-order valence-corrected chi connectivity index (χ4v) is 3.24. The molecule has 0 radical (unpaired) electrons. The van der Waals surface area contributed by atoms with Crippen molar-refractivity contribution >= 4 is 52.4 Å². The van der Waals surface area contributed by atoms with Crippen LogP contribution in [0.25, 0.3) is 22.6 Å². The Morgan fingerprint density at radius 2 is 1.79 bits per heavy atom. The summed E-state index contributed by atoms with van der Waals surface area (Å²) in [5.41, 5.74) is 4.71. The Balaban J connectivity index is 1.37. The van der Waals surface area contributed by atoms with Crippen LogP contribution in [-0.2, 0) is 0 Å². The molecule has 0 aliphatic heterocycles. The summed E-state index contributed by atoms with van der Waals surface area (Å²) in [6, 6.07) is 17.0. The monoisotopic (exact) mass is 475 g/mol. The van der Waals surface area contributed by atoms with Crippen LogP contribution in [0.5, 0.6) is 0 Å². The van der Waals surface area contributed by atoms with Gasteiger partial charge in [0, 0.05) is 16.3 Å². The van der Waals surface area contributed by atoms with Gasteiger partial charge in [0.25, 0.3) is 0 Å². The van der Waals surface area contributed by atoms with E-state index in [-0.39, 0.29) is 22.7 Å². The summed E-state index contributed by atoms with van der Waals surface area (Å²) in [4.78, 5) is 19.9. The van der Waals surface area contributed by atoms with Gasteiger partial charge >= 0.3 is 5.97 Å². The van der Waals surface area contributed by atoms with Gasteiger partial charge in [0.05, 0.1) is 11.8 Å². The third-order valence-corrected chi connectivity index (χ3v) is 4.82. The Hall–Kier alpha value is -4.77. The Morgan fingerprint density at radius 1 is 1.00 bits per heavy atom. The molecule has 0 saturated carbocycles. The Labute approximate surface area is 196 Å². The molecule has 0 atom stereocenters. The van der Waals surface area contributed by atoms with Crippen LogP contribution in [0, 0.1) is 0 Å². The summed E-state index contributed by atoms with van der Waals surface area (Å²) < 4.78 is 10.4. The van der Waals surface area contributed by atoms with E-state index in [1.807, 2.05) is 6.07 Å². The van der Waals surface area contributed by atoms with Gasteiger partial charge in [0.2, 0.25) is 11.3 Å². The molecular formula is C22H14ClN7O4. The number of hydrogen-bond donors (Lipinski definition) is 3. The molecule has 2 aromatic carbocycles. The molecule has 34 heavy (non-hydrogen) atoms. The van der Waals surface area contributed by atoms with E-state index in [0.717, 1.165) is 0 Å². The normalized spacial score (nSPS) is 11.2. The SMILES string of the molecule is O=C(O)c1cccc(-c2ccc(C=NNc3nc4nonc4nc3Nc3cccc(Cl)c3)o2)c1. The van der Waals surface area contributed by atoms with Crippen LogP contribution in [0.2, 0.25) is 5.02 Å². The molecule has 5 rings (SSSR count). The summed E-state index contributed by atoms with van der Waals surface area (Å²) in [5, 5.41) is 24.4. The van der Waals surface area contributed by atoms with Gasteiger partial charge in [0.1, 0.15) is 11.5 Å². The molecule has 0 saturated heterocycles. The first-order valence-corrected chi connectivity index (χ1v) is 10.2. The van der Waals surface area contributed by atoms with Gasteiger partial charge in [-0.15, -0.1) is 0 Å². The number of carboxylic acid groups (broad SMARTS) is 1. The summed E-state index contributed by atoms with van der Waals surface area (Å²) >= 11 is 6.06. The molecule has 0 fully saturated rings. The zero-order chi connectivity index (χ0) is 23.5. The summed E-state index contributed by atoms with van der Waals surface area (Å²) in [6.45, 7) is 0. The molecule has 11 nitrogen and oxygen atoms in total. The van der Waals surface area contributed by atoms with Crippen molar-refractivity contribution in [3.63, 3.8) is 0 Å². The molecule has 0 aliphatic carbocycles. The molecular weight excluding hydrogens is 462 g/mol. The lowest BCUT2D eigenvalue weighted by molar-refractivity contribution is 0.0697. The van der Waals surface area contributed by atoms with Gasteiger partial charge in [-0.1, -0.05) is 29.8 Å². The highest BCUT2D eigenvalue weighted by atomic mass is 35.5. The minimum absolute atomic E-state index is 0.168. The second kappa shape index (κ2) is 9.00. The molecule has 0 amide bonds. The van der Waals surface area contributed by atoms with E-state index in [0.29, 0.717) is 33.6 Å². The van der Waals surface area contributed by atoms with Crippen LogP contribution in [0.15, 0.2) is 74.8 Å². The second-order valence-electron chi connectivity index (χ2n) is 6.93. The number of anilines is 3. The number of aromatic nitrogens is 4. The maximum atomic E-state index is 11.2. The van der Waals surface area contributed by atoms with Crippen molar-refractivity contribution in [1.82, 2.24) is 20.3 Å². The predicted molar refractivity (Wildman–Crippen MR) is 124 cm³/mol. The molecule has 12 heteroatoms. The van der Waals surface area contributed by atoms with Crippen molar-refractivity contribution in [1.29, 1.82) is 0 Å².